The Morgan fingerprint density at radius 3 is 3.15 bits per heavy atom. The number of hydrogen-bond acceptors (Lipinski definition) is 5. The van der Waals surface area contributed by atoms with Crippen LogP contribution in [0.3, 0.4) is 0 Å². The van der Waals surface area contributed by atoms with E-state index in [0.29, 0.717) is 6.54 Å². The number of aliphatic carboxylic acids is 1. The SMILES string of the molecule is O=C(O)C1CCCN1Cc1csc(-c2ccccn2)n1. The fraction of sp³-hybridized carbons (Fsp3) is 0.357. The molecule has 1 aliphatic rings. The van der Waals surface area contributed by atoms with E-state index in [4.69, 9.17) is 0 Å². The normalized spacial score (nSPS) is 19.3. The number of thiazole rings is 1. The summed E-state index contributed by atoms with van der Waals surface area (Å²) in [6.07, 6.45) is 3.41. The van der Waals surface area contributed by atoms with Gasteiger partial charge >= 0.3 is 5.97 Å². The Kier molecular flexibility index (Phi) is 3.75. The van der Waals surface area contributed by atoms with E-state index in [9.17, 15) is 9.90 Å². The Hall–Kier alpha value is -1.79. The van der Waals surface area contributed by atoms with E-state index in [-0.39, 0.29) is 6.04 Å². The van der Waals surface area contributed by atoms with Gasteiger partial charge in [-0.05, 0) is 31.5 Å². The fourth-order valence-electron chi connectivity index (χ4n) is 2.49. The molecular formula is C14H15N3O2S. The molecule has 3 heterocycles. The van der Waals surface area contributed by atoms with Gasteiger partial charge in [-0.15, -0.1) is 11.3 Å². The van der Waals surface area contributed by atoms with Crippen LogP contribution in [0.25, 0.3) is 10.7 Å². The first kappa shape index (κ1) is 13.2. The summed E-state index contributed by atoms with van der Waals surface area (Å²) in [5.74, 6) is -0.734. The molecule has 0 radical (unpaired) electrons. The van der Waals surface area contributed by atoms with Crippen molar-refractivity contribution >= 4 is 17.3 Å². The van der Waals surface area contributed by atoms with Gasteiger partial charge in [0.25, 0.3) is 0 Å². The van der Waals surface area contributed by atoms with Crippen molar-refractivity contribution in [1.82, 2.24) is 14.9 Å². The summed E-state index contributed by atoms with van der Waals surface area (Å²) >= 11 is 1.55. The number of likely N-dealkylation sites (tertiary alicyclic amines) is 1. The molecule has 1 saturated heterocycles. The van der Waals surface area contributed by atoms with Gasteiger partial charge in [-0.3, -0.25) is 14.7 Å². The zero-order valence-electron chi connectivity index (χ0n) is 10.9. The quantitative estimate of drug-likeness (QED) is 0.935. The van der Waals surface area contributed by atoms with Crippen molar-refractivity contribution < 1.29 is 9.90 Å². The summed E-state index contributed by atoms with van der Waals surface area (Å²) in [5, 5.41) is 12.0. The lowest BCUT2D eigenvalue weighted by Crippen LogP contribution is -2.35. The lowest BCUT2D eigenvalue weighted by Gasteiger charge is -2.19. The van der Waals surface area contributed by atoms with E-state index >= 15 is 0 Å². The molecule has 104 valence electrons. The zero-order chi connectivity index (χ0) is 13.9. The molecule has 0 spiro atoms. The van der Waals surface area contributed by atoms with Gasteiger partial charge in [0, 0.05) is 18.1 Å². The van der Waals surface area contributed by atoms with E-state index < -0.39 is 5.97 Å². The van der Waals surface area contributed by atoms with E-state index in [1.807, 2.05) is 28.5 Å². The lowest BCUT2D eigenvalue weighted by molar-refractivity contribution is -0.142. The number of carboxylic acid groups (broad SMARTS) is 1. The highest BCUT2D eigenvalue weighted by molar-refractivity contribution is 7.13. The largest absolute Gasteiger partial charge is 0.480 e. The van der Waals surface area contributed by atoms with Crippen LogP contribution in [0.5, 0.6) is 0 Å². The predicted octanol–water partition coefficient (Wildman–Crippen LogP) is 2.25. The van der Waals surface area contributed by atoms with Crippen LogP contribution >= 0.6 is 11.3 Å². The molecule has 1 unspecified atom stereocenters. The van der Waals surface area contributed by atoms with Gasteiger partial charge in [0.15, 0.2) is 0 Å². The second kappa shape index (κ2) is 5.68. The maximum Gasteiger partial charge on any atom is 0.320 e. The first-order chi connectivity index (χ1) is 9.74. The van der Waals surface area contributed by atoms with Crippen molar-refractivity contribution in [1.29, 1.82) is 0 Å². The summed E-state index contributed by atoms with van der Waals surface area (Å²) in [6, 6.07) is 5.37. The summed E-state index contributed by atoms with van der Waals surface area (Å²) in [7, 11) is 0. The Labute approximate surface area is 120 Å². The monoisotopic (exact) mass is 289 g/mol. The highest BCUT2D eigenvalue weighted by atomic mass is 32.1. The van der Waals surface area contributed by atoms with E-state index in [2.05, 4.69) is 9.97 Å². The molecule has 2 aromatic heterocycles. The van der Waals surface area contributed by atoms with E-state index in [0.717, 1.165) is 35.8 Å². The van der Waals surface area contributed by atoms with Crippen molar-refractivity contribution in [3.63, 3.8) is 0 Å². The average Bonchev–Trinajstić information content (AvgIpc) is 3.09. The lowest BCUT2D eigenvalue weighted by atomic mass is 10.2. The molecule has 1 N–H and O–H groups in total. The molecule has 0 aliphatic carbocycles. The van der Waals surface area contributed by atoms with Crippen LogP contribution in [0.1, 0.15) is 18.5 Å². The molecule has 2 aromatic rings. The van der Waals surface area contributed by atoms with Gasteiger partial charge in [0.2, 0.25) is 0 Å². The minimum absolute atomic E-state index is 0.366. The Bertz CT molecular complexity index is 599. The molecule has 1 atom stereocenters. The van der Waals surface area contributed by atoms with Crippen molar-refractivity contribution in [2.75, 3.05) is 6.54 Å². The first-order valence-electron chi connectivity index (χ1n) is 6.57. The number of hydrogen-bond donors (Lipinski definition) is 1. The topological polar surface area (TPSA) is 66.3 Å². The standard InChI is InChI=1S/C14H15N3O2S/c18-14(19)12-5-3-7-17(12)8-10-9-20-13(16-10)11-4-1-2-6-15-11/h1-2,4,6,9,12H,3,5,7-8H2,(H,18,19). The molecule has 5 nitrogen and oxygen atoms in total. The maximum atomic E-state index is 11.2. The third-order valence-corrected chi connectivity index (χ3v) is 4.36. The minimum Gasteiger partial charge on any atom is -0.480 e. The van der Waals surface area contributed by atoms with E-state index in [1.165, 1.54) is 0 Å². The average molecular weight is 289 g/mol. The molecule has 1 fully saturated rings. The molecule has 6 heteroatoms. The molecule has 20 heavy (non-hydrogen) atoms. The van der Waals surface area contributed by atoms with Crippen LogP contribution < -0.4 is 0 Å². The van der Waals surface area contributed by atoms with Gasteiger partial charge in [0.1, 0.15) is 11.0 Å². The van der Waals surface area contributed by atoms with Crippen LogP contribution in [0.15, 0.2) is 29.8 Å². The molecule has 0 bridgehead atoms. The number of aromatic nitrogens is 2. The summed E-state index contributed by atoms with van der Waals surface area (Å²) in [6.45, 7) is 1.42. The van der Waals surface area contributed by atoms with Gasteiger partial charge in [0.05, 0.1) is 11.4 Å². The van der Waals surface area contributed by atoms with Crippen LogP contribution in [-0.4, -0.2) is 38.5 Å². The molecule has 0 aromatic carbocycles. The van der Waals surface area contributed by atoms with Crippen molar-refractivity contribution in [2.24, 2.45) is 0 Å². The Balaban J connectivity index is 1.73. The number of carboxylic acids is 1. The third-order valence-electron chi connectivity index (χ3n) is 3.45. The van der Waals surface area contributed by atoms with Gasteiger partial charge in [-0.2, -0.15) is 0 Å². The van der Waals surface area contributed by atoms with Crippen molar-refractivity contribution in [2.45, 2.75) is 25.4 Å². The smallest absolute Gasteiger partial charge is 0.320 e. The minimum atomic E-state index is -0.734. The van der Waals surface area contributed by atoms with Gasteiger partial charge in [-0.25, -0.2) is 4.98 Å². The van der Waals surface area contributed by atoms with Crippen LogP contribution in [0.4, 0.5) is 0 Å². The third kappa shape index (κ3) is 2.71. The number of nitrogens with zero attached hydrogens (tertiary/aromatic N) is 3. The summed E-state index contributed by atoms with van der Waals surface area (Å²) in [4.78, 5) is 22.0. The summed E-state index contributed by atoms with van der Waals surface area (Å²) in [5.41, 5.74) is 1.78. The highest BCUT2D eigenvalue weighted by Crippen LogP contribution is 2.24. The maximum absolute atomic E-state index is 11.2. The molecule has 0 amide bonds. The first-order valence-corrected chi connectivity index (χ1v) is 7.44. The Morgan fingerprint density at radius 1 is 1.50 bits per heavy atom. The molecule has 1 aliphatic heterocycles. The zero-order valence-corrected chi connectivity index (χ0v) is 11.7. The van der Waals surface area contributed by atoms with Gasteiger partial charge in [-0.1, -0.05) is 6.07 Å². The van der Waals surface area contributed by atoms with Crippen LogP contribution in [0.2, 0.25) is 0 Å². The summed E-state index contributed by atoms with van der Waals surface area (Å²) < 4.78 is 0. The number of pyridine rings is 1. The molecular weight excluding hydrogens is 274 g/mol. The van der Waals surface area contributed by atoms with Crippen molar-refractivity contribution in [3.8, 4) is 10.7 Å². The van der Waals surface area contributed by atoms with Crippen molar-refractivity contribution in [3.05, 3.63) is 35.5 Å². The second-order valence-electron chi connectivity index (χ2n) is 4.83. The van der Waals surface area contributed by atoms with Crippen LogP contribution in [-0.2, 0) is 11.3 Å². The van der Waals surface area contributed by atoms with Crippen LogP contribution in [0, 0.1) is 0 Å². The predicted molar refractivity (Wildman–Crippen MR) is 76.4 cm³/mol. The number of carbonyl (C=O) groups is 1. The fourth-order valence-corrected chi connectivity index (χ4v) is 3.28. The van der Waals surface area contributed by atoms with E-state index in [1.54, 1.807) is 17.5 Å². The van der Waals surface area contributed by atoms with Gasteiger partial charge < -0.3 is 5.11 Å². The molecule has 3 rings (SSSR count). The molecule has 0 saturated carbocycles. The Morgan fingerprint density at radius 2 is 2.40 bits per heavy atom. The number of rotatable bonds is 4. The second-order valence-corrected chi connectivity index (χ2v) is 5.68. The highest BCUT2D eigenvalue weighted by Gasteiger charge is 2.30.